The first-order valence-electron chi connectivity index (χ1n) is 11.7. The van der Waals surface area contributed by atoms with Crippen molar-refractivity contribution in [2.75, 3.05) is 25.1 Å². The quantitative estimate of drug-likeness (QED) is 0.243. The zero-order chi connectivity index (χ0) is 29.0. The lowest BCUT2D eigenvalue weighted by Gasteiger charge is -2.39. The van der Waals surface area contributed by atoms with E-state index in [9.17, 15) is 35.6 Å². The van der Waals surface area contributed by atoms with Gasteiger partial charge in [0, 0.05) is 42.9 Å². The number of imidazole rings is 1. The third-order valence-electron chi connectivity index (χ3n) is 6.43. The van der Waals surface area contributed by atoms with E-state index in [1.165, 1.54) is 26.5 Å². The molecule has 4 aromatic heterocycles. The Kier molecular flexibility index (Phi) is 6.60. The summed E-state index contributed by atoms with van der Waals surface area (Å²) in [5.74, 6) is -2.20. The van der Waals surface area contributed by atoms with Gasteiger partial charge in [0.1, 0.15) is 15.5 Å². The zero-order valence-electron chi connectivity index (χ0n) is 20.8. The number of hydrogen-bond donors (Lipinski definition) is 0. The van der Waals surface area contributed by atoms with Crippen molar-refractivity contribution in [1.29, 1.82) is 0 Å². The molecule has 16 heteroatoms. The molecule has 5 heterocycles. The van der Waals surface area contributed by atoms with Gasteiger partial charge in [0.25, 0.3) is 5.91 Å². The summed E-state index contributed by atoms with van der Waals surface area (Å²) < 4.78 is 79.7. The largest absolute Gasteiger partial charge is 0.433 e. The van der Waals surface area contributed by atoms with Gasteiger partial charge in [-0.3, -0.25) is 14.0 Å². The van der Waals surface area contributed by atoms with E-state index in [2.05, 4.69) is 21.6 Å². The van der Waals surface area contributed by atoms with Gasteiger partial charge in [-0.2, -0.15) is 18.3 Å². The first kappa shape index (κ1) is 27.2. The number of aryl methyl sites for hydroxylation is 1. The van der Waals surface area contributed by atoms with Crippen molar-refractivity contribution in [2.45, 2.75) is 18.8 Å². The minimum Gasteiger partial charge on any atom is -0.332 e. The standard InChI is InChI=1S/C24H21F4N7O4S/c1-14(25)22(36)32-12-17(13-32)34-20-18(15-9-31-33(11-15)7-8-40(2,38)39)5-6-29-21(20)35(23(34)37)16-3-4-19(30-10-16)24(26,27)28/h3-6,9-11,17H,1,7-8,12-13H2,2H3. The van der Waals surface area contributed by atoms with Crippen molar-refractivity contribution in [3.05, 3.63) is 71.6 Å². The molecule has 1 saturated heterocycles. The molecule has 11 nitrogen and oxygen atoms in total. The highest BCUT2D eigenvalue weighted by Crippen LogP contribution is 2.33. The number of alkyl halides is 3. The first-order valence-corrected chi connectivity index (χ1v) is 13.8. The Morgan fingerprint density at radius 2 is 1.88 bits per heavy atom. The van der Waals surface area contributed by atoms with Gasteiger partial charge in [-0.15, -0.1) is 0 Å². The number of carbonyl (C=O) groups is 1. The Hall–Kier alpha value is -4.34. The molecule has 1 fully saturated rings. The van der Waals surface area contributed by atoms with Crippen LogP contribution in [-0.2, 0) is 27.4 Å². The van der Waals surface area contributed by atoms with Crippen LogP contribution < -0.4 is 5.69 Å². The molecule has 0 unspecified atom stereocenters. The molecule has 1 amide bonds. The maximum absolute atomic E-state index is 13.8. The lowest BCUT2D eigenvalue weighted by molar-refractivity contribution is -0.141. The fraction of sp³-hybridized carbons (Fsp3) is 0.292. The number of aromatic nitrogens is 6. The molecule has 0 saturated carbocycles. The number of fused-ring (bicyclic) bond motifs is 1. The van der Waals surface area contributed by atoms with Crippen LogP contribution in [0.4, 0.5) is 17.6 Å². The first-order chi connectivity index (χ1) is 18.7. The van der Waals surface area contributed by atoms with Crippen molar-refractivity contribution in [3.63, 3.8) is 0 Å². The zero-order valence-corrected chi connectivity index (χ0v) is 21.7. The Labute approximate surface area is 223 Å². The van der Waals surface area contributed by atoms with Gasteiger partial charge >= 0.3 is 11.9 Å². The van der Waals surface area contributed by atoms with Crippen LogP contribution in [0.5, 0.6) is 0 Å². The van der Waals surface area contributed by atoms with E-state index in [-0.39, 0.29) is 36.7 Å². The number of halogens is 4. The highest BCUT2D eigenvalue weighted by Gasteiger charge is 2.37. The second kappa shape index (κ2) is 9.69. The number of sulfone groups is 1. The van der Waals surface area contributed by atoms with Gasteiger partial charge in [0.15, 0.2) is 11.5 Å². The number of nitrogens with zero attached hydrogens (tertiary/aromatic N) is 7. The summed E-state index contributed by atoms with van der Waals surface area (Å²) in [6.07, 6.45) is 1.82. The topological polar surface area (TPSA) is 125 Å². The molecule has 40 heavy (non-hydrogen) atoms. The average Bonchev–Trinajstić information content (AvgIpc) is 3.43. The molecule has 5 rings (SSSR count). The van der Waals surface area contributed by atoms with Crippen LogP contribution in [0.1, 0.15) is 11.7 Å². The summed E-state index contributed by atoms with van der Waals surface area (Å²) in [4.78, 5) is 34.7. The molecule has 0 aromatic carbocycles. The van der Waals surface area contributed by atoms with Crippen LogP contribution in [0.3, 0.4) is 0 Å². The number of likely N-dealkylation sites (tertiary alicyclic amines) is 1. The number of carbonyl (C=O) groups excluding carboxylic acids is 1. The average molecular weight is 580 g/mol. The van der Waals surface area contributed by atoms with Gasteiger partial charge in [-0.1, -0.05) is 6.58 Å². The van der Waals surface area contributed by atoms with E-state index in [4.69, 9.17) is 0 Å². The van der Waals surface area contributed by atoms with E-state index < -0.39 is 45.2 Å². The summed E-state index contributed by atoms with van der Waals surface area (Å²) in [6.45, 7) is 3.05. The monoisotopic (exact) mass is 579 g/mol. The van der Waals surface area contributed by atoms with E-state index in [1.54, 1.807) is 12.3 Å². The second-order valence-corrected chi connectivity index (χ2v) is 11.6. The Balaban J connectivity index is 1.64. The van der Waals surface area contributed by atoms with Crippen LogP contribution in [-0.4, -0.2) is 73.2 Å². The molecular weight excluding hydrogens is 558 g/mol. The summed E-state index contributed by atoms with van der Waals surface area (Å²) in [6, 6.07) is 2.85. The van der Waals surface area contributed by atoms with Crippen molar-refractivity contribution >= 4 is 26.9 Å². The van der Waals surface area contributed by atoms with Crippen LogP contribution in [0.2, 0.25) is 0 Å². The lowest BCUT2D eigenvalue weighted by atomic mass is 10.1. The Bertz CT molecular complexity index is 1800. The summed E-state index contributed by atoms with van der Waals surface area (Å²) in [5.41, 5.74) is -0.369. The van der Waals surface area contributed by atoms with Crippen molar-refractivity contribution < 1.29 is 30.8 Å². The molecule has 1 aliphatic heterocycles. The smallest absolute Gasteiger partial charge is 0.332 e. The third kappa shape index (κ3) is 5.01. The van der Waals surface area contributed by atoms with E-state index in [0.29, 0.717) is 16.6 Å². The summed E-state index contributed by atoms with van der Waals surface area (Å²) in [5, 5.41) is 4.20. The van der Waals surface area contributed by atoms with Crippen molar-refractivity contribution in [3.8, 4) is 16.8 Å². The number of rotatable bonds is 7. The molecule has 0 radical (unpaired) electrons. The highest BCUT2D eigenvalue weighted by atomic mass is 32.2. The summed E-state index contributed by atoms with van der Waals surface area (Å²) in [7, 11) is -3.25. The van der Waals surface area contributed by atoms with E-state index >= 15 is 0 Å². The molecule has 210 valence electrons. The van der Waals surface area contributed by atoms with Gasteiger partial charge in [-0.25, -0.2) is 32.1 Å². The lowest BCUT2D eigenvalue weighted by Crippen LogP contribution is -2.52. The number of pyridine rings is 2. The Morgan fingerprint density at radius 1 is 1.15 bits per heavy atom. The predicted molar refractivity (Wildman–Crippen MR) is 135 cm³/mol. The number of hydrogen-bond acceptors (Lipinski definition) is 7. The van der Waals surface area contributed by atoms with Gasteiger partial charge in [0.2, 0.25) is 0 Å². The maximum Gasteiger partial charge on any atom is 0.433 e. The Morgan fingerprint density at radius 3 is 2.48 bits per heavy atom. The molecule has 0 atom stereocenters. The second-order valence-electron chi connectivity index (χ2n) is 9.31. The minimum atomic E-state index is -4.68. The molecule has 0 spiro atoms. The molecule has 4 aromatic rings. The summed E-state index contributed by atoms with van der Waals surface area (Å²) >= 11 is 0. The van der Waals surface area contributed by atoms with E-state index in [0.717, 1.165) is 29.2 Å². The fourth-order valence-electron chi connectivity index (χ4n) is 4.47. The minimum absolute atomic E-state index is 0.0198. The highest BCUT2D eigenvalue weighted by molar-refractivity contribution is 7.90. The third-order valence-corrected chi connectivity index (χ3v) is 7.36. The molecule has 0 N–H and O–H groups in total. The molecular formula is C24H21F4N7O4S. The molecule has 0 aliphatic carbocycles. The van der Waals surface area contributed by atoms with Gasteiger partial charge in [0.05, 0.1) is 41.9 Å². The van der Waals surface area contributed by atoms with Gasteiger partial charge < -0.3 is 4.90 Å². The number of amides is 1. The normalized spacial score (nSPS) is 14.5. The molecule has 1 aliphatic rings. The van der Waals surface area contributed by atoms with Crippen LogP contribution in [0, 0.1) is 0 Å². The van der Waals surface area contributed by atoms with Crippen LogP contribution >= 0.6 is 0 Å². The SMILES string of the molecule is C=C(F)C(=O)N1CC(n2c(=O)n(-c3ccc(C(F)(F)F)nc3)c3nccc(-c4cnn(CCS(C)(=O)=O)c4)c32)C1. The van der Waals surface area contributed by atoms with Crippen molar-refractivity contribution in [2.24, 2.45) is 0 Å². The molecule has 0 bridgehead atoms. The predicted octanol–water partition coefficient (Wildman–Crippen LogP) is 2.38. The van der Waals surface area contributed by atoms with Crippen LogP contribution in [0.25, 0.3) is 28.0 Å². The fourth-order valence-corrected chi connectivity index (χ4v) is 4.99. The van der Waals surface area contributed by atoms with Crippen molar-refractivity contribution in [1.82, 2.24) is 33.8 Å². The van der Waals surface area contributed by atoms with Gasteiger partial charge in [-0.05, 0) is 18.2 Å². The van der Waals surface area contributed by atoms with E-state index in [1.807, 2.05) is 0 Å². The maximum atomic E-state index is 13.8. The van der Waals surface area contributed by atoms with Crippen LogP contribution in [0.15, 0.2) is 60.2 Å².